The molecule has 2 nitrogen and oxygen atoms in total. The van der Waals surface area contributed by atoms with E-state index in [9.17, 15) is 0 Å². The molecule has 3 heteroatoms. The molecular weight excluding hydrogens is 264 g/mol. The SMILES string of the molecule is [2H]C([2H])([2H])N(C)C([2H])(CN1c2ccccc2Sc2ccccc21)C([2H])([2H])[2H]. The van der Waals surface area contributed by atoms with E-state index in [1.165, 1.54) is 7.05 Å². The largest absolute Gasteiger partial charge is 0.338 e. The van der Waals surface area contributed by atoms with Gasteiger partial charge in [-0.1, -0.05) is 36.0 Å². The second-order valence-corrected chi connectivity index (χ2v) is 5.71. The summed E-state index contributed by atoms with van der Waals surface area (Å²) in [5.41, 5.74) is 1.53. The van der Waals surface area contributed by atoms with E-state index in [1.807, 2.05) is 48.5 Å². The van der Waals surface area contributed by atoms with Gasteiger partial charge in [0.25, 0.3) is 0 Å². The van der Waals surface area contributed by atoms with Crippen molar-refractivity contribution in [2.45, 2.75) is 22.7 Å². The molecule has 1 aliphatic heterocycles. The lowest BCUT2D eigenvalue weighted by atomic mass is 10.2. The third kappa shape index (κ3) is 2.43. The van der Waals surface area contributed by atoms with Gasteiger partial charge in [-0.25, -0.2) is 0 Å². The van der Waals surface area contributed by atoms with Gasteiger partial charge in [0.1, 0.15) is 0 Å². The van der Waals surface area contributed by atoms with Crippen LogP contribution in [0, 0.1) is 0 Å². The van der Waals surface area contributed by atoms with Crippen molar-refractivity contribution in [3.63, 3.8) is 0 Å². The zero-order valence-corrected chi connectivity index (χ0v) is 11.9. The van der Waals surface area contributed by atoms with Crippen molar-refractivity contribution >= 4 is 23.1 Å². The fourth-order valence-corrected chi connectivity index (χ4v) is 3.30. The molecule has 104 valence electrons. The zero-order chi connectivity index (χ0) is 20.0. The van der Waals surface area contributed by atoms with Gasteiger partial charge in [0.2, 0.25) is 0 Å². The first-order chi connectivity index (χ1) is 12.4. The Morgan fingerprint density at radius 2 is 1.75 bits per heavy atom. The minimum Gasteiger partial charge on any atom is -0.338 e. The van der Waals surface area contributed by atoms with Gasteiger partial charge in [0.15, 0.2) is 0 Å². The lowest BCUT2D eigenvalue weighted by Gasteiger charge is -2.36. The average molecular weight is 291 g/mol. The Morgan fingerprint density at radius 3 is 2.30 bits per heavy atom. The second kappa shape index (κ2) is 5.51. The highest BCUT2D eigenvalue weighted by Crippen LogP contribution is 2.47. The Morgan fingerprint density at radius 1 is 1.15 bits per heavy atom. The molecule has 1 aliphatic rings. The number of benzene rings is 2. The fraction of sp³-hybridized carbons (Fsp3) is 0.294. The highest BCUT2D eigenvalue weighted by atomic mass is 32.2. The van der Waals surface area contributed by atoms with Crippen LogP contribution in [0.3, 0.4) is 0 Å². The maximum atomic E-state index is 8.71. The molecule has 1 atom stereocenters. The predicted octanol–water partition coefficient (Wildman–Crippen LogP) is 4.24. The van der Waals surface area contributed by atoms with E-state index in [0.717, 1.165) is 21.2 Å². The molecule has 0 bridgehead atoms. The molecule has 1 unspecified atom stereocenters. The first kappa shape index (κ1) is 7.53. The monoisotopic (exact) mass is 291 g/mol. The van der Waals surface area contributed by atoms with Gasteiger partial charge < -0.3 is 9.80 Å². The van der Waals surface area contributed by atoms with Gasteiger partial charge in [-0.05, 0) is 45.1 Å². The number of hydrogen-bond acceptors (Lipinski definition) is 3. The summed E-state index contributed by atoms with van der Waals surface area (Å²) in [5.74, 6) is 0. The summed E-state index contributed by atoms with van der Waals surface area (Å²) in [6.07, 6.45) is 0. The van der Waals surface area contributed by atoms with Crippen molar-refractivity contribution in [3.05, 3.63) is 48.5 Å². The third-order valence-corrected chi connectivity index (χ3v) is 4.38. The Bertz CT molecular complexity index is 791. The Kier molecular flexibility index (Phi) is 2.07. The minimum absolute atomic E-state index is 0.313. The van der Waals surface area contributed by atoms with E-state index in [0.29, 0.717) is 4.90 Å². The number of likely N-dealkylation sites (N-methyl/N-ethyl adjacent to an activating group) is 1. The first-order valence-electron chi connectivity index (χ1n) is 9.82. The van der Waals surface area contributed by atoms with Crippen LogP contribution >= 0.6 is 11.8 Å². The molecular formula is C17H20N2S. The van der Waals surface area contributed by atoms with Crippen molar-refractivity contribution in [1.82, 2.24) is 4.90 Å². The fourth-order valence-electron chi connectivity index (χ4n) is 2.21. The summed E-state index contributed by atoms with van der Waals surface area (Å²) < 4.78 is 55.4. The molecule has 0 amide bonds. The lowest BCUT2D eigenvalue weighted by Crippen LogP contribution is -2.37. The van der Waals surface area contributed by atoms with E-state index in [4.69, 9.17) is 9.60 Å². The summed E-state index contributed by atoms with van der Waals surface area (Å²) in [5, 5.41) is 0. The van der Waals surface area contributed by atoms with Gasteiger partial charge in [-0.2, -0.15) is 0 Å². The second-order valence-electron chi connectivity index (χ2n) is 4.63. The van der Waals surface area contributed by atoms with E-state index < -0.39 is 19.8 Å². The van der Waals surface area contributed by atoms with Crippen LogP contribution in [0.25, 0.3) is 0 Å². The van der Waals surface area contributed by atoms with Gasteiger partial charge in [0.05, 0.1) is 11.4 Å². The number of nitrogens with zero attached hydrogens (tertiary/aromatic N) is 2. The molecule has 0 N–H and O–H groups in total. The Hall–Kier alpha value is -1.45. The van der Waals surface area contributed by atoms with Gasteiger partial charge in [-0.15, -0.1) is 0 Å². The van der Waals surface area contributed by atoms with Crippen LogP contribution in [-0.2, 0) is 0 Å². The van der Waals surface area contributed by atoms with Gasteiger partial charge >= 0.3 is 0 Å². The van der Waals surface area contributed by atoms with Crippen LogP contribution in [0.5, 0.6) is 0 Å². The Labute approximate surface area is 135 Å². The van der Waals surface area contributed by atoms with E-state index in [2.05, 4.69) is 0 Å². The molecule has 0 saturated heterocycles. The number of para-hydroxylation sites is 2. The number of hydrogen-bond donors (Lipinski definition) is 0. The van der Waals surface area contributed by atoms with E-state index in [1.54, 1.807) is 16.7 Å². The summed E-state index contributed by atoms with van der Waals surface area (Å²) in [6.45, 7) is -5.85. The summed E-state index contributed by atoms with van der Waals surface area (Å²) in [6, 6.07) is 12.7. The van der Waals surface area contributed by atoms with Gasteiger partial charge in [0, 0.05) is 31.9 Å². The topological polar surface area (TPSA) is 6.48 Å². The normalized spacial score (nSPS) is 22.9. The molecule has 0 aromatic heterocycles. The van der Waals surface area contributed by atoms with Crippen molar-refractivity contribution in [2.75, 3.05) is 25.5 Å². The predicted molar refractivity (Wildman–Crippen MR) is 87.2 cm³/mol. The first-order valence-corrected chi connectivity index (χ1v) is 7.14. The van der Waals surface area contributed by atoms with Crippen LogP contribution in [0.4, 0.5) is 11.4 Å². The third-order valence-electron chi connectivity index (χ3n) is 3.24. The van der Waals surface area contributed by atoms with Crippen LogP contribution in [0.15, 0.2) is 58.3 Å². The van der Waals surface area contributed by atoms with Crippen LogP contribution in [-0.4, -0.2) is 31.5 Å². The molecule has 3 rings (SSSR count). The maximum absolute atomic E-state index is 8.71. The molecule has 0 radical (unpaired) electrons. The van der Waals surface area contributed by atoms with Crippen molar-refractivity contribution in [3.8, 4) is 0 Å². The van der Waals surface area contributed by atoms with E-state index in [-0.39, 0.29) is 6.54 Å². The number of fused-ring (bicyclic) bond motifs is 2. The number of rotatable bonds is 3. The van der Waals surface area contributed by atoms with Crippen LogP contribution in [0.1, 0.15) is 16.4 Å². The molecule has 0 saturated carbocycles. The summed E-state index contributed by atoms with van der Waals surface area (Å²) >= 11 is 1.57. The van der Waals surface area contributed by atoms with Crippen molar-refractivity contribution in [1.29, 1.82) is 0 Å². The maximum Gasteiger partial charge on any atom is 0.0553 e. The molecule has 0 aliphatic carbocycles. The summed E-state index contributed by atoms with van der Waals surface area (Å²) in [4.78, 5) is 4.27. The average Bonchev–Trinajstić information content (AvgIpc) is 2.59. The highest BCUT2D eigenvalue weighted by Gasteiger charge is 2.24. The smallest absolute Gasteiger partial charge is 0.0553 e. The summed E-state index contributed by atoms with van der Waals surface area (Å²) in [7, 11) is 1.17. The molecule has 2 aromatic rings. The van der Waals surface area contributed by atoms with Gasteiger partial charge in [-0.3, -0.25) is 0 Å². The van der Waals surface area contributed by atoms with Crippen molar-refractivity contribution < 1.29 is 9.60 Å². The number of anilines is 2. The molecule has 20 heavy (non-hydrogen) atoms. The highest BCUT2D eigenvalue weighted by molar-refractivity contribution is 7.99. The minimum atomic E-state index is -2.83. The molecule has 2 aromatic carbocycles. The Balaban J connectivity index is 2.12. The quantitative estimate of drug-likeness (QED) is 0.835. The lowest BCUT2D eigenvalue weighted by molar-refractivity contribution is 0.319. The van der Waals surface area contributed by atoms with Crippen LogP contribution in [0.2, 0.25) is 0 Å². The standard InChI is InChI=1S/C17H20N2S/c1-13(18(2)3)12-19-14-8-4-6-10-16(14)20-17-11-7-5-9-15(17)19/h4-11,13H,12H2,1-3H3/i1D3,2D3,13D. The molecule has 0 fully saturated rings. The van der Waals surface area contributed by atoms with E-state index >= 15 is 0 Å². The van der Waals surface area contributed by atoms with Crippen molar-refractivity contribution in [2.24, 2.45) is 0 Å². The van der Waals surface area contributed by atoms with Crippen LogP contribution < -0.4 is 4.90 Å². The molecule has 0 spiro atoms. The molecule has 1 heterocycles. The zero-order valence-electron chi connectivity index (χ0n) is 18.1.